The number of benzene rings is 1. The minimum atomic E-state index is -0.710. The molecule has 0 aliphatic heterocycles. The fourth-order valence-electron chi connectivity index (χ4n) is 6.57. The van der Waals surface area contributed by atoms with Gasteiger partial charge in [-0.05, 0) is 92.2 Å². The summed E-state index contributed by atoms with van der Waals surface area (Å²) < 4.78 is 12.8. The third kappa shape index (κ3) is 10.6. The van der Waals surface area contributed by atoms with Crippen molar-refractivity contribution in [3.63, 3.8) is 0 Å². The van der Waals surface area contributed by atoms with Crippen LogP contribution in [0.15, 0.2) is 48.3 Å². The van der Waals surface area contributed by atoms with E-state index in [9.17, 15) is 4.39 Å². The topological polar surface area (TPSA) is 23.8 Å². The molecule has 1 nitrogen and oxygen atoms in total. The van der Waals surface area contributed by atoms with Crippen LogP contribution in [0.1, 0.15) is 133 Å². The number of aryl methyl sites for hydroxylation is 1. The van der Waals surface area contributed by atoms with Crippen LogP contribution in [-0.4, -0.2) is 0 Å². The minimum Gasteiger partial charge on any atom is -0.195 e. The van der Waals surface area contributed by atoms with Gasteiger partial charge in [-0.1, -0.05) is 108 Å². The van der Waals surface area contributed by atoms with Crippen molar-refractivity contribution >= 4 is 0 Å². The van der Waals surface area contributed by atoms with Crippen LogP contribution in [0.25, 0.3) is 0 Å². The Kier molecular flexibility index (Phi) is 13.4. The highest BCUT2D eigenvalue weighted by Gasteiger charge is 2.25. The summed E-state index contributed by atoms with van der Waals surface area (Å²) >= 11 is 0. The molecule has 2 aliphatic rings. The largest absolute Gasteiger partial charge is 0.199 e. The zero-order valence-electron chi connectivity index (χ0n) is 22.9. The Morgan fingerprint density at radius 3 is 2.03 bits per heavy atom. The molecular formula is C34H50FN. The average molecular weight is 492 g/mol. The average Bonchev–Trinajstić information content (AvgIpc) is 2.93. The van der Waals surface area contributed by atoms with Gasteiger partial charge in [0.05, 0.1) is 0 Å². The van der Waals surface area contributed by atoms with Crippen molar-refractivity contribution in [1.82, 2.24) is 0 Å². The lowest BCUT2D eigenvalue weighted by atomic mass is 9.74. The van der Waals surface area contributed by atoms with Gasteiger partial charge in [-0.15, -0.1) is 0 Å². The molecule has 3 rings (SSSR count). The standard InChI is InChI=1S/C34H50FN/c1-2-3-4-5-7-10-29-19-23-32(24-20-29)33-25-21-31(22-26-33)18-17-30-15-13-28(14-16-30)11-8-6-9-12-34(35)27-36/h6,9,12,19-20,23-24,28,30-31,33H,2-5,7-8,10-11,13-18,21-22,25-26H2,1H3. The van der Waals surface area contributed by atoms with Crippen molar-refractivity contribution < 1.29 is 4.39 Å². The second kappa shape index (κ2) is 16.8. The van der Waals surface area contributed by atoms with E-state index in [1.165, 1.54) is 127 Å². The van der Waals surface area contributed by atoms with Crippen LogP contribution in [0, 0.1) is 29.1 Å². The number of rotatable bonds is 14. The molecule has 0 saturated heterocycles. The zero-order chi connectivity index (χ0) is 25.4. The fraction of sp³-hybridized carbons (Fsp3) is 0.676. The number of nitrogens with zero attached hydrogens (tertiary/aromatic N) is 1. The zero-order valence-corrected chi connectivity index (χ0v) is 22.9. The molecule has 2 heteroatoms. The third-order valence-corrected chi connectivity index (χ3v) is 9.04. The first-order valence-electron chi connectivity index (χ1n) is 15.2. The van der Waals surface area contributed by atoms with E-state index < -0.39 is 5.83 Å². The second-order valence-electron chi connectivity index (χ2n) is 11.7. The van der Waals surface area contributed by atoms with Gasteiger partial charge >= 0.3 is 0 Å². The normalized spacial score (nSPS) is 25.2. The van der Waals surface area contributed by atoms with Crippen LogP contribution in [0.3, 0.4) is 0 Å². The highest BCUT2D eigenvalue weighted by molar-refractivity contribution is 5.26. The molecule has 0 radical (unpaired) electrons. The number of allylic oxidation sites excluding steroid dienone is 4. The van der Waals surface area contributed by atoms with E-state index >= 15 is 0 Å². The second-order valence-corrected chi connectivity index (χ2v) is 11.7. The third-order valence-electron chi connectivity index (χ3n) is 9.04. The SMILES string of the molecule is CCCCCCCc1ccc(C2CCC(CCC3CCC(CCC=CC=C(F)C#N)CC3)CC2)cc1. The van der Waals surface area contributed by atoms with E-state index in [-0.39, 0.29) is 0 Å². The molecule has 0 spiro atoms. The van der Waals surface area contributed by atoms with Crippen molar-refractivity contribution in [2.45, 2.75) is 128 Å². The predicted octanol–water partition coefficient (Wildman–Crippen LogP) is 10.8. The van der Waals surface area contributed by atoms with Crippen LogP contribution in [0.5, 0.6) is 0 Å². The van der Waals surface area contributed by atoms with Crippen LogP contribution >= 0.6 is 0 Å². The number of unbranched alkanes of at least 4 members (excludes halogenated alkanes) is 4. The highest BCUT2D eigenvalue weighted by Crippen LogP contribution is 2.40. The lowest BCUT2D eigenvalue weighted by molar-refractivity contribution is 0.225. The van der Waals surface area contributed by atoms with Crippen molar-refractivity contribution in [2.75, 3.05) is 0 Å². The Morgan fingerprint density at radius 2 is 1.42 bits per heavy atom. The monoisotopic (exact) mass is 491 g/mol. The summed E-state index contributed by atoms with van der Waals surface area (Å²) in [5.41, 5.74) is 3.11. The first-order chi connectivity index (χ1) is 17.7. The maximum Gasteiger partial charge on any atom is 0.199 e. The first kappa shape index (κ1) is 28.7. The quantitative estimate of drug-likeness (QED) is 0.144. The summed E-state index contributed by atoms with van der Waals surface area (Å²) in [6.45, 7) is 2.28. The highest BCUT2D eigenvalue weighted by atomic mass is 19.1. The van der Waals surface area contributed by atoms with E-state index in [2.05, 4.69) is 31.2 Å². The Labute approximate surface area is 221 Å². The molecule has 0 heterocycles. The smallest absolute Gasteiger partial charge is 0.195 e. The summed E-state index contributed by atoms with van der Waals surface area (Å²) in [6.07, 6.45) is 29.2. The van der Waals surface area contributed by atoms with Gasteiger partial charge in [0.15, 0.2) is 5.83 Å². The maximum atomic E-state index is 12.8. The van der Waals surface area contributed by atoms with Gasteiger partial charge < -0.3 is 0 Å². The maximum absolute atomic E-state index is 12.8. The lowest BCUT2D eigenvalue weighted by Crippen LogP contribution is -2.17. The molecule has 0 atom stereocenters. The van der Waals surface area contributed by atoms with Gasteiger partial charge in [0.2, 0.25) is 0 Å². The lowest BCUT2D eigenvalue weighted by Gasteiger charge is -2.32. The first-order valence-corrected chi connectivity index (χ1v) is 15.2. The molecule has 2 saturated carbocycles. The van der Waals surface area contributed by atoms with E-state index in [1.807, 2.05) is 6.08 Å². The molecule has 1 aromatic rings. The van der Waals surface area contributed by atoms with E-state index in [0.29, 0.717) is 0 Å². The van der Waals surface area contributed by atoms with Gasteiger partial charge in [-0.3, -0.25) is 0 Å². The minimum absolute atomic E-state index is 0.710. The van der Waals surface area contributed by atoms with Crippen molar-refractivity contribution in [3.05, 3.63) is 59.4 Å². The molecular weight excluding hydrogens is 441 g/mol. The summed E-state index contributed by atoms with van der Waals surface area (Å²) in [5.74, 6) is 2.80. The van der Waals surface area contributed by atoms with Crippen molar-refractivity contribution in [1.29, 1.82) is 5.26 Å². The molecule has 0 aromatic heterocycles. The van der Waals surface area contributed by atoms with E-state index in [0.717, 1.165) is 30.1 Å². The predicted molar refractivity (Wildman–Crippen MR) is 151 cm³/mol. The molecule has 2 fully saturated rings. The Balaban J connectivity index is 1.26. The molecule has 0 bridgehead atoms. The summed E-state index contributed by atoms with van der Waals surface area (Å²) in [4.78, 5) is 0. The number of hydrogen-bond donors (Lipinski definition) is 0. The number of hydrogen-bond acceptors (Lipinski definition) is 1. The van der Waals surface area contributed by atoms with Crippen LogP contribution in [-0.2, 0) is 6.42 Å². The van der Waals surface area contributed by atoms with E-state index in [4.69, 9.17) is 5.26 Å². The van der Waals surface area contributed by atoms with Crippen LogP contribution < -0.4 is 0 Å². The molecule has 2 aliphatic carbocycles. The molecule has 0 amide bonds. The van der Waals surface area contributed by atoms with Crippen molar-refractivity contribution in [3.8, 4) is 6.07 Å². The van der Waals surface area contributed by atoms with Crippen molar-refractivity contribution in [2.24, 2.45) is 17.8 Å². The van der Waals surface area contributed by atoms with Gasteiger partial charge in [0, 0.05) is 0 Å². The molecule has 1 aromatic carbocycles. The van der Waals surface area contributed by atoms with Gasteiger partial charge in [0.1, 0.15) is 6.07 Å². The number of halogens is 1. The molecule has 0 N–H and O–H groups in total. The fourth-order valence-corrected chi connectivity index (χ4v) is 6.57. The van der Waals surface area contributed by atoms with Gasteiger partial charge in [0.25, 0.3) is 0 Å². The molecule has 198 valence electrons. The summed E-state index contributed by atoms with van der Waals surface area (Å²) in [5, 5.41) is 8.43. The number of nitriles is 1. The summed E-state index contributed by atoms with van der Waals surface area (Å²) in [7, 11) is 0. The van der Waals surface area contributed by atoms with Gasteiger partial charge in [-0.2, -0.15) is 9.65 Å². The molecule has 0 unspecified atom stereocenters. The summed E-state index contributed by atoms with van der Waals surface area (Å²) in [6, 6.07) is 11.2. The van der Waals surface area contributed by atoms with E-state index in [1.54, 1.807) is 11.6 Å². The Hall–Kier alpha value is -1.88. The molecule has 36 heavy (non-hydrogen) atoms. The Morgan fingerprint density at radius 1 is 0.833 bits per heavy atom. The van der Waals surface area contributed by atoms with Crippen LogP contribution in [0.4, 0.5) is 4.39 Å². The Bertz CT molecular complexity index is 814. The van der Waals surface area contributed by atoms with Crippen LogP contribution in [0.2, 0.25) is 0 Å². The van der Waals surface area contributed by atoms with Gasteiger partial charge in [-0.25, -0.2) is 0 Å².